The summed E-state index contributed by atoms with van der Waals surface area (Å²) in [5, 5.41) is 13.5. The topological polar surface area (TPSA) is 122 Å². The molecule has 0 aliphatic heterocycles. The maximum absolute atomic E-state index is 11.6. The van der Waals surface area contributed by atoms with Crippen LogP contribution in [0.3, 0.4) is 0 Å². The van der Waals surface area contributed by atoms with E-state index in [4.69, 9.17) is 17.3 Å². The highest BCUT2D eigenvalue weighted by atomic mass is 35.5. The van der Waals surface area contributed by atoms with Crippen LogP contribution in [0, 0.1) is 6.92 Å². The van der Waals surface area contributed by atoms with Gasteiger partial charge in [0.2, 0.25) is 0 Å². The van der Waals surface area contributed by atoms with E-state index in [-0.39, 0.29) is 12.9 Å². The van der Waals surface area contributed by atoms with Crippen LogP contribution in [0.2, 0.25) is 5.02 Å². The first kappa shape index (κ1) is 15.8. The summed E-state index contributed by atoms with van der Waals surface area (Å²) in [7, 11) is 0. The van der Waals surface area contributed by atoms with Crippen molar-refractivity contribution >= 4 is 40.6 Å². The van der Waals surface area contributed by atoms with Gasteiger partial charge >= 0.3 is 0 Å². The fraction of sp³-hybridized carbons (Fsp3) is 0.0667. The first-order valence-electron chi connectivity index (χ1n) is 7.00. The molecule has 0 radical (unpaired) electrons. The lowest BCUT2D eigenvalue weighted by atomic mass is 10.3. The SMILES string of the molecule is Cc1cc(Nc2cnc(C(N)=O)c(Nc3ccc(Cl)cc3)n2)n[nH]1.[HH]. The number of carbonyl (C=O) groups is 1. The summed E-state index contributed by atoms with van der Waals surface area (Å²) in [4.78, 5) is 20.0. The number of aromatic nitrogens is 4. The van der Waals surface area contributed by atoms with E-state index >= 15 is 0 Å². The van der Waals surface area contributed by atoms with Crippen LogP contribution in [-0.2, 0) is 0 Å². The standard InChI is InChI=1S/C15H14ClN7O.H2/c1-8-6-11(23-22-8)20-12-7-18-13(14(17)24)15(21-12)19-10-4-2-9(16)3-5-10;/h2-7H,1H3,(H2,17,24)(H3,19,20,21,22,23);1H. The molecule has 3 rings (SSSR count). The van der Waals surface area contributed by atoms with E-state index < -0.39 is 5.91 Å². The number of aromatic amines is 1. The number of hydrogen-bond donors (Lipinski definition) is 4. The number of primary amides is 1. The molecular formula is C15H16ClN7O. The normalized spacial score (nSPS) is 10.4. The summed E-state index contributed by atoms with van der Waals surface area (Å²) >= 11 is 5.86. The zero-order valence-electron chi connectivity index (χ0n) is 12.7. The highest BCUT2D eigenvalue weighted by Crippen LogP contribution is 2.22. The van der Waals surface area contributed by atoms with Crippen LogP contribution >= 0.6 is 11.6 Å². The molecule has 1 aromatic carbocycles. The highest BCUT2D eigenvalue weighted by Gasteiger charge is 2.14. The molecule has 0 aliphatic carbocycles. The molecular weight excluding hydrogens is 330 g/mol. The molecule has 3 aromatic rings. The number of amides is 1. The number of aryl methyl sites for hydroxylation is 1. The number of anilines is 4. The molecule has 0 fully saturated rings. The van der Waals surface area contributed by atoms with Crippen LogP contribution in [0.1, 0.15) is 17.6 Å². The first-order valence-corrected chi connectivity index (χ1v) is 7.37. The Labute approximate surface area is 144 Å². The van der Waals surface area contributed by atoms with Crippen molar-refractivity contribution in [3.63, 3.8) is 0 Å². The molecule has 2 heterocycles. The van der Waals surface area contributed by atoms with E-state index in [0.29, 0.717) is 22.3 Å². The van der Waals surface area contributed by atoms with Gasteiger partial charge in [-0.05, 0) is 31.2 Å². The van der Waals surface area contributed by atoms with Crippen LogP contribution in [-0.4, -0.2) is 26.1 Å². The number of nitrogens with two attached hydrogens (primary N) is 1. The predicted molar refractivity (Wildman–Crippen MR) is 94.0 cm³/mol. The molecule has 124 valence electrons. The number of hydrogen-bond acceptors (Lipinski definition) is 6. The molecule has 0 unspecified atom stereocenters. The summed E-state index contributed by atoms with van der Waals surface area (Å²) in [5.41, 5.74) is 6.99. The Kier molecular flexibility index (Phi) is 4.30. The van der Waals surface area contributed by atoms with Gasteiger partial charge in [-0.2, -0.15) is 5.10 Å². The minimum absolute atomic E-state index is 0. The largest absolute Gasteiger partial charge is 0.364 e. The summed E-state index contributed by atoms with van der Waals surface area (Å²) in [6.45, 7) is 1.88. The van der Waals surface area contributed by atoms with Gasteiger partial charge in [-0.3, -0.25) is 9.89 Å². The van der Waals surface area contributed by atoms with Gasteiger partial charge in [0.05, 0.1) is 6.20 Å². The molecule has 5 N–H and O–H groups in total. The van der Waals surface area contributed by atoms with Crippen LogP contribution in [0.5, 0.6) is 0 Å². The predicted octanol–water partition coefficient (Wildman–Crippen LogP) is 2.99. The van der Waals surface area contributed by atoms with Gasteiger partial charge < -0.3 is 16.4 Å². The van der Waals surface area contributed by atoms with Crippen LogP contribution in [0.4, 0.5) is 23.1 Å². The molecule has 0 saturated carbocycles. The van der Waals surface area contributed by atoms with Crippen LogP contribution < -0.4 is 16.4 Å². The van der Waals surface area contributed by atoms with Crippen molar-refractivity contribution in [2.24, 2.45) is 5.73 Å². The Bertz CT molecular complexity index is 882. The first-order chi connectivity index (χ1) is 11.5. The molecule has 0 aliphatic rings. The zero-order valence-corrected chi connectivity index (χ0v) is 13.4. The quantitative estimate of drug-likeness (QED) is 0.564. The summed E-state index contributed by atoms with van der Waals surface area (Å²) in [6.07, 6.45) is 1.41. The van der Waals surface area contributed by atoms with E-state index in [0.717, 1.165) is 5.69 Å². The molecule has 1 amide bonds. The lowest BCUT2D eigenvalue weighted by molar-refractivity contribution is 0.0996. The number of benzene rings is 1. The van der Waals surface area contributed by atoms with E-state index in [1.165, 1.54) is 6.20 Å². The highest BCUT2D eigenvalue weighted by molar-refractivity contribution is 6.30. The second-order valence-corrected chi connectivity index (χ2v) is 5.45. The Morgan fingerprint density at radius 3 is 2.62 bits per heavy atom. The smallest absolute Gasteiger partial charge is 0.271 e. The lowest BCUT2D eigenvalue weighted by Crippen LogP contribution is -2.17. The van der Waals surface area contributed by atoms with E-state index in [2.05, 4.69) is 30.8 Å². The Morgan fingerprint density at radius 2 is 2.00 bits per heavy atom. The van der Waals surface area contributed by atoms with Gasteiger partial charge in [-0.1, -0.05) is 11.6 Å². The average Bonchev–Trinajstić information content (AvgIpc) is 2.94. The number of halogens is 1. The van der Waals surface area contributed by atoms with Crippen LogP contribution in [0.15, 0.2) is 36.5 Å². The Balaban J connectivity index is 0.00000225. The van der Waals surface area contributed by atoms with Gasteiger partial charge in [-0.25, -0.2) is 9.97 Å². The lowest BCUT2D eigenvalue weighted by Gasteiger charge is -2.10. The molecule has 8 nitrogen and oxygen atoms in total. The summed E-state index contributed by atoms with van der Waals surface area (Å²) in [5.74, 6) is 0.567. The second kappa shape index (κ2) is 6.55. The van der Waals surface area contributed by atoms with Crippen molar-refractivity contribution in [1.29, 1.82) is 0 Å². The fourth-order valence-electron chi connectivity index (χ4n) is 2.00. The molecule has 2 aromatic heterocycles. The molecule has 0 bridgehead atoms. The summed E-state index contributed by atoms with van der Waals surface area (Å²) in [6, 6.07) is 8.76. The van der Waals surface area contributed by atoms with E-state index in [9.17, 15) is 4.79 Å². The van der Waals surface area contributed by atoms with Crippen LogP contribution in [0.25, 0.3) is 0 Å². The maximum Gasteiger partial charge on any atom is 0.271 e. The second-order valence-electron chi connectivity index (χ2n) is 5.01. The summed E-state index contributed by atoms with van der Waals surface area (Å²) < 4.78 is 0. The Morgan fingerprint density at radius 1 is 1.25 bits per heavy atom. The molecule has 0 spiro atoms. The van der Waals surface area contributed by atoms with Gasteiger partial charge in [0.25, 0.3) is 5.91 Å². The fourth-order valence-corrected chi connectivity index (χ4v) is 2.13. The van der Waals surface area contributed by atoms with Crippen molar-refractivity contribution in [3.8, 4) is 0 Å². The zero-order chi connectivity index (χ0) is 17.1. The number of carbonyl (C=O) groups excluding carboxylic acids is 1. The van der Waals surface area contributed by atoms with Gasteiger partial charge in [0.1, 0.15) is 0 Å². The minimum Gasteiger partial charge on any atom is -0.364 e. The molecule has 24 heavy (non-hydrogen) atoms. The van der Waals surface area contributed by atoms with E-state index in [1.54, 1.807) is 24.3 Å². The number of nitrogens with one attached hydrogen (secondary N) is 3. The molecule has 9 heteroatoms. The third-order valence-corrected chi connectivity index (χ3v) is 3.33. The third-order valence-electron chi connectivity index (χ3n) is 3.07. The monoisotopic (exact) mass is 345 g/mol. The minimum atomic E-state index is -0.680. The van der Waals surface area contributed by atoms with Crippen molar-refractivity contribution in [1.82, 2.24) is 20.2 Å². The van der Waals surface area contributed by atoms with Gasteiger partial charge in [0, 0.05) is 23.9 Å². The van der Waals surface area contributed by atoms with Crippen molar-refractivity contribution in [2.45, 2.75) is 6.92 Å². The van der Waals surface area contributed by atoms with Crippen molar-refractivity contribution in [3.05, 3.63) is 52.9 Å². The number of H-pyrrole nitrogens is 1. The van der Waals surface area contributed by atoms with Crippen molar-refractivity contribution < 1.29 is 6.22 Å². The Hall–Kier alpha value is -3.13. The van der Waals surface area contributed by atoms with Crippen molar-refractivity contribution in [2.75, 3.05) is 10.6 Å². The van der Waals surface area contributed by atoms with E-state index in [1.807, 2.05) is 13.0 Å². The number of rotatable bonds is 5. The molecule has 0 saturated heterocycles. The average molecular weight is 346 g/mol. The third kappa shape index (κ3) is 3.61. The van der Waals surface area contributed by atoms with Gasteiger partial charge in [0.15, 0.2) is 23.1 Å². The molecule has 0 atom stereocenters. The maximum atomic E-state index is 11.6. The number of nitrogens with zero attached hydrogens (tertiary/aromatic N) is 3. The van der Waals surface area contributed by atoms with Gasteiger partial charge in [-0.15, -0.1) is 0 Å².